The number of hydrogen-bond acceptors (Lipinski definition) is 9. The monoisotopic (exact) mass is 1210 g/mol. The molecule has 4 aliphatic carbocycles. The Labute approximate surface area is 496 Å². The number of primary amides is 1. The summed E-state index contributed by atoms with van der Waals surface area (Å²) in [5.41, 5.74) is 3.67. The van der Waals surface area contributed by atoms with Crippen LogP contribution in [-0.2, 0) is 55.3 Å². The van der Waals surface area contributed by atoms with E-state index in [-0.39, 0.29) is 82.9 Å². The van der Waals surface area contributed by atoms with Crippen LogP contribution in [0.1, 0.15) is 178 Å². The summed E-state index contributed by atoms with van der Waals surface area (Å²) in [6.45, 7) is 14.8. The molecule has 85 heavy (non-hydrogen) atoms. The highest BCUT2D eigenvalue weighted by molar-refractivity contribution is 6.35. The van der Waals surface area contributed by atoms with Gasteiger partial charge in [0.15, 0.2) is 0 Å². The van der Waals surface area contributed by atoms with E-state index < -0.39 is 94.3 Å². The van der Waals surface area contributed by atoms with Gasteiger partial charge in [-0.05, 0) is 177 Å². The largest absolute Gasteiger partial charge is 0.462 e. The second-order valence-electron chi connectivity index (χ2n) is 26.2. The van der Waals surface area contributed by atoms with E-state index in [2.05, 4.69) is 45.3 Å². The van der Waals surface area contributed by atoms with Gasteiger partial charge in [0.2, 0.25) is 17.7 Å². The number of amides is 5. The van der Waals surface area contributed by atoms with Crippen molar-refractivity contribution < 1.29 is 73.7 Å². The van der Waals surface area contributed by atoms with Gasteiger partial charge in [-0.2, -0.15) is 26.3 Å². The molecule has 474 valence electrons. The summed E-state index contributed by atoms with van der Waals surface area (Å²) in [5, 5.41) is 5.02. The molecule has 0 aromatic heterocycles. The molecular weight excluding hydrogens is 1120 g/mol. The Hall–Kier alpha value is -5.31. The topological polar surface area (TPSA) is 187 Å². The quantitative estimate of drug-likeness (QED) is 0.0421. The lowest BCUT2D eigenvalue weighted by Crippen LogP contribution is -2.54. The van der Waals surface area contributed by atoms with Crippen molar-refractivity contribution in [1.82, 2.24) is 20.4 Å². The van der Waals surface area contributed by atoms with Gasteiger partial charge in [-0.3, -0.25) is 28.8 Å². The maximum absolute atomic E-state index is 14.3. The van der Waals surface area contributed by atoms with Gasteiger partial charge in [0, 0.05) is 44.9 Å². The third kappa shape index (κ3) is 16.3. The van der Waals surface area contributed by atoms with Crippen LogP contribution < -0.4 is 16.4 Å². The average molecular weight is 1210 g/mol. The van der Waals surface area contributed by atoms with Crippen LogP contribution in [0.4, 0.5) is 30.7 Å². The highest BCUT2D eigenvalue weighted by Crippen LogP contribution is 2.68. The van der Waals surface area contributed by atoms with E-state index in [1.165, 1.54) is 82.4 Å². The number of nitrogens with one attached hydrogen (secondary N) is 2. The number of carbonyl (C=O) groups excluding carboxylic acids is 6. The maximum Gasteiger partial charge on any atom is 0.416 e. The lowest BCUT2D eigenvalue weighted by atomic mass is 9.44. The Morgan fingerprint density at radius 1 is 0.800 bits per heavy atom. The Kier molecular flexibility index (Phi) is 22.3. The second kappa shape index (κ2) is 28.2. The van der Waals surface area contributed by atoms with Crippen LogP contribution in [0.25, 0.3) is 0 Å². The molecule has 5 amide bonds. The highest BCUT2D eigenvalue weighted by Gasteiger charge is 2.61. The number of likely N-dealkylation sites (tertiary alicyclic amines) is 1. The normalized spacial score (nSPS) is 27.8. The number of halogens is 7. The minimum atomic E-state index is -5.10. The SMILES string of the molecule is Cc1cc(F)ccc1[C@H]1CN(C(=O)C(=O)NCCOCCOCCC(=O)N[C@@H](CC(=O)O[C@H]2CC[C@@]3(C)[C@@H](CC[C@@H]4[C@@H]3CC[C@]3(C)[C@@H]([C@H](C)CCCC(C)C)CC[C@@H]43)C2)C(N)=O)CC[C@@H]1C(=O)N(C)[C@@H](C)c1cc(C(F)(F)F)cc(C(F)(F)F)c1. The summed E-state index contributed by atoms with van der Waals surface area (Å²) in [6, 6.07) is 2.42. The van der Waals surface area contributed by atoms with E-state index >= 15 is 0 Å². The second-order valence-corrected chi connectivity index (χ2v) is 26.2. The fourth-order valence-corrected chi connectivity index (χ4v) is 15.9. The predicted octanol–water partition coefficient (Wildman–Crippen LogP) is 11.3. The van der Waals surface area contributed by atoms with Gasteiger partial charge < -0.3 is 40.4 Å². The zero-order valence-corrected chi connectivity index (χ0v) is 50.7. The first-order valence-electron chi connectivity index (χ1n) is 30.8. The molecule has 0 bridgehead atoms. The number of esters is 1. The van der Waals surface area contributed by atoms with Crippen LogP contribution in [0.5, 0.6) is 0 Å². The molecule has 7 rings (SSSR count). The molecule has 5 aliphatic rings. The molecule has 1 heterocycles. The molecule has 4 N–H and O–H groups in total. The summed E-state index contributed by atoms with van der Waals surface area (Å²) in [5.74, 6) is -1.94. The van der Waals surface area contributed by atoms with E-state index in [4.69, 9.17) is 19.9 Å². The van der Waals surface area contributed by atoms with Gasteiger partial charge in [-0.15, -0.1) is 0 Å². The summed E-state index contributed by atoms with van der Waals surface area (Å²) in [4.78, 5) is 81.5. The van der Waals surface area contributed by atoms with Crippen LogP contribution in [0.15, 0.2) is 36.4 Å². The van der Waals surface area contributed by atoms with Crippen molar-refractivity contribution in [2.24, 2.45) is 63.9 Å². The molecule has 5 fully saturated rings. The number of carbonyl (C=O) groups is 6. The van der Waals surface area contributed by atoms with Crippen molar-refractivity contribution in [2.45, 2.75) is 181 Å². The summed E-state index contributed by atoms with van der Waals surface area (Å²) in [6.07, 6.45) is 3.14. The molecule has 0 unspecified atom stereocenters. The minimum Gasteiger partial charge on any atom is -0.462 e. The zero-order valence-electron chi connectivity index (χ0n) is 50.7. The van der Waals surface area contributed by atoms with Crippen LogP contribution >= 0.6 is 0 Å². The van der Waals surface area contributed by atoms with E-state index in [0.717, 1.165) is 66.2 Å². The molecule has 4 saturated carbocycles. The number of ether oxygens (including phenoxy) is 3. The fraction of sp³-hybridized carbons (Fsp3) is 0.719. The number of rotatable bonds is 23. The van der Waals surface area contributed by atoms with E-state index in [1.807, 2.05) is 0 Å². The van der Waals surface area contributed by atoms with Crippen molar-refractivity contribution in [3.05, 3.63) is 70.0 Å². The third-order valence-corrected chi connectivity index (χ3v) is 20.6. The molecule has 21 heteroatoms. The smallest absolute Gasteiger partial charge is 0.416 e. The first-order valence-corrected chi connectivity index (χ1v) is 30.8. The predicted molar refractivity (Wildman–Crippen MR) is 304 cm³/mol. The number of nitrogens with two attached hydrogens (primary N) is 1. The molecule has 1 aliphatic heterocycles. The summed E-state index contributed by atoms with van der Waals surface area (Å²) < 4.78 is 114. The van der Waals surface area contributed by atoms with Crippen LogP contribution in [0, 0.1) is 70.9 Å². The fourth-order valence-electron chi connectivity index (χ4n) is 15.9. The lowest BCUT2D eigenvalue weighted by molar-refractivity contribution is -0.163. The third-order valence-electron chi connectivity index (χ3n) is 20.6. The lowest BCUT2D eigenvalue weighted by Gasteiger charge is -2.61. The number of hydrogen-bond donors (Lipinski definition) is 3. The van der Waals surface area contributed by atoms with E-state index in [9.17, 15) is 59.5 Å². The molecule has 0 spiro atoms. The molecule has 0 radical (unpaired) electrons. The Morgan fingerprint density at radius 2 is 1.46 bits per heavy atom. The molecule has 2 aromatic carbocycles. The standard InChI is InChI=1S/C64H90F7N5O9/c1-37(2)10-9-11-38(3)51-16-17-52-49-14-12-42-34-46(18-22-61(42,6)53(49)19-23-62(51,52)7)85-56(78)35-54(57(72)79)74-55(77)21-26-83-28-29-84-27-24-73-58(80)60(82)76-25-20-48(50(36-76)47-15-13-45(65)30-39(47)4)59(81)75(8)40(5)41-31-43(63(66,67)68)33-44(32-41)64(69,70)71/h13,15,30-33,37-38,40,42,46,48-54H,9-12,14,16-29,34-36H2,1-8H3,(H2,72,79)(H,73,80)(H,74,77)/t38-,40+,42+,46+,48+,49+,50-,51-,52+,53+,54+,61+,62-/m1/s1. The minimum absolute atomic E-state index is 0.00566. The molecule has 14 nitrogen and oxygen atoms in total. The van der Waals surface area contributed by atoms with Crippen molar-refractivity contribution in [3.63, 3.8) is 0 Å². The number of nitrogens with zero attached hydrogens (tertiary/aromatic N) is 2. The maximum atomic E-state index is 14.3. The summed E-state index contributed by atoms with van der Waals surface area (Å²) >= 11 is 0. The van der Waals surface area contributed by atoms with Gasteiger partial charge >= 0.3 is 30.1 Å². The van der Waals surface area contributed by atoms with Gasteiger partial charge in [0.1, 0.15) is 18.0 Å². The number of aryl methyl sites for hydroxylation is 1. The number of piperidine rings is 1. The summed E-state index contributed by atoms with van der Waals surface area (Å²) in [7, 11) is 1.26. The average Bonchev–Trinajstić information content (AvgIpc) is 2.15. The Bertz CT molecular complexity index is 2660. The molecule has 1 saturated heterocycles. The number of alkyl halides is 6. The van der Waals surface area contributed by atoms with E-state index in [1.54, 1.807) is 6.92 Å². The molecular formula is C64H90F7N5O9. The zero-order chi connectivity index (χ0) is 62.3. The first-order chi connectivity index (χ1) is 39.9. The Morgan fingerprint density at radius 3 is 2.11 bits per heavy atom. The van der Waals surface area contributed by atoms with Crippen molar-refractivity contribution in [2.75, 3.05) is 53.1 Å². The van der Waals surface area contributed by atoms with Gasteiger partial charge in [-0.1, -0.05) is 59.9 Å². The van der Waals surface area contributed by atoms with Crippen molar-refractivity contribution in [1.29, 1.82) is 0 Å². The number of benzene rings is 2. The van der Waals surface area contributed by atoms with Crippen LogP contribution in [0.2, 0.25) is 0 Å². The van der Waals surface area contributed by atoms with Crippen LogP contribution in [-0.4, -0.2) is 111 Å². The van der Waals surface area contributed by atoms with Crippen molar-refractivity contribution in [3.8, 4) is 0 Å². The highest BCUT2D eigenvalue weighted by atomic mass is 19.4. The van der Waals surface area contributed by atoms with Gasteiger partial charge in [0.25, 0.3) is 0 Å². The van der Waals surface area contributed by atoms with E-state index in [0.29, 0.717) is 40.5 Å². The molecule has 13 atom stereocenters. The van der Waals surface area contributed by atoms with Crippen LogP contribution in [0.3, 0.4) is 0 Å². The number of fused-ring (bicyclic) bond motifs is 5. The van der Waals surface area contributed by atoms with Gasteiger partial charge in [0.05, 0.1) is 50.0 Å². The first kappa shape index (κ1) is 67.2. The van der Waals surface area contributed by atoms with Crippen molar-refractivity contribution >= 4 is 35.5 Å². The molecule has 2 aromatic rings. The van der Waals surface area contributed by atoms with Gasteiger partial charge in [-0.25, -0.2) is 4.39 Å². The Balaban J connectivity index is 0.794.